The van der Waals surface area contributed by atoms with Gasteiger partial charge in [0.15, 0.2) is 0 Å². The highest BCUT2D eigenvalue weighted by Gasteiger charge is 2.43. The summed E-state index contributed by atoms with van der Waals surface area (Å²) in [4.78, 5) is 11.4. The molecular formula is C9H16ClNO. The second-order valence-corrected chi connectivity index (χ2v) is 3.98. The van der Waals surface area contributed by atoms with Crippen LogP contribution in [0.1, 0.15) is 33.1 Å². The van der Waals surface area contributed by atoms with Gasteiger partial charge in [0.2, 0.25) is 5.91 Å². The Morgan fingerprint density at radius 3 is 2.58 bits per heavy atom. The fraction of sp³-hybridized carbons (Fsp3) is 0.889. The lowest BCUT2D eigenvalue weighted by Crippen LogP contribution is -2.41. The monoisotopic (exact) mass is 189 g/mol. The number of nitrogens with one attached hydrogen (secondary N) is 1. The first kappa shape index (κ1) is 9.85. The normalized spacial score (nSPS) is 21.6. The van der Waals surface area contributed by atoms with Crippen LogP contribution in [0.15, 0.2) is 0 Å². The zero-order chi connectivity index (χ0) is 9.19. The molecule has 1 saturated carbocycles. The van der Waals surface area contributed by atoms with Crippen molar-refractivity contribution in [3.05, 3.63) is 0 Å². The molecule has 0 bridgehead atoms. The van der Waals surface area contributed by atoms with Crippen molar-refractivity contribution in [1.82, 2.24) is 5.32 Å². The Bertz CT molecular complexity index is 177. The predicted molar refractivity (Wildman–Crippen MR) is 50.3 cm³/mol. The molecule has 70 valence electrons. The Morgan fingerprint density at radius 1 is 1.67 bits per heavy atom. The highest BCUT2D eigenvalue weighted by Crippen LogP contribution is 2.36. The van der Waals surface area contributed by atoms with Crippen molar-refractivity contribution >= 4 is 17.5 Å². The van der Waals surface area contributed by atoms with Gasteiger partial charge in [-0.3, -0.25) is 4.79 Å². The number of alkyl halides is 1. The average Bonchev–Trinajstić information content (AvgIpc) is 2.84. The van der Waals surface area contributed by atoms with Crippen LogP contribution in [0.3, 0.4) is 0 Å². The maximum Gasteiger partial charge on any atom is 0.223 e. The third-order valence-electron chi connectivity index (χ3n) is 2.56. The Kier molecular flexibility index (Phi) is 2.99. The zero-order valence-corrected chi connectivity index (χ0v) is 8.45. The summed E-state index contributed by atoms with van der Waals surface area (Å²) in [5.74, 6) is 0.816. The van der Waals surface area contributed by atoms with Gasteiger partial charge in [-0.2, -0.15) is 0 Å². The first-order valence-electron chi connectivity index (χ1n) is 4.51. The van der Waals surface area contributed by atoms with E-state index in [4.69, 9.17) is 11.6 Å². The lowest BCUT2D eigenvalue weighted by molar-refractivity contribution is -0.125. The Morgan fingerprint density at radius 2 is 2.25 bits per heavy atom. The molecule has 1 unspecified atom stereocenters. The van der Waals surface area contributed by atoms with Crippen molar-refractivity contribution in [2.75, 3.05) is 5.88 Å². The van der Waals surface area contributed by atoms with E-state index in [1.54, 1.807) is 0 Å². The van der Waals surface area contributed by atoms with E-state index >= 15 is 0 Å². The van der Waals surface area contributed by atoms with Crippen LogP contribution in [-0.4, -0.2) is 17.3 Å². The molecule has 0 aromatic carbocycles. The van der Waals surface area contributed by atoms with Gasteiger partial charge in [0.05, 0.1) is 5.54 Å². The van der Waals surface area contributed by atoms with E-state index in [2.05, 4.69) is 5.32 Å². The number of carbonyl (C=O) groups excluding carboxylic acids is 1. The molecule has 1 rings (SSSR count). The molecule has 3 heteroatoms. The van der Waals surface area contributed by atoms with Gasteiger partial charge in [0.1, 0.15) is 0 Å². The van der Waals surface area contributed by atoms with Crippen molar-refractivity contribution in [2.24, 2.45) is 5.92 Å². The third-order valence-corrected chi connectivity index (χ3v) is 3.07. The van der Waals surface area contributed by atoms with Crippen LogP contribution in [0.2, 0.25) is 0 Å². The van der Waals surface area contributed by atoms with Crippen LogP contribution in [0, 0.1) is 5.92 Å². The largest absolute Gasteiger partial charge is 0.349 e. The van der Waals surface area contributed by atoms with Gasteiger partial charge in [-0.1, -0.05) is 13.8 Å². The summed E-state index contributed by atoms with van der Waals surface area (Å²) in [6.45, 7) is 3.96. The molecule has 0 heterocycles. The van der Waals surface area contributed by atoms with Crippen molar-refractivity contribution < 1.29 is 4.79 Å². The molecule has 1 atom stereocenters. The molecule has 0 aromatic rings. The number of carbonyl (C=O) groups is 1. The molecular weight excluding hydrogens is 174 g/mol. The van der Waals surface area contributed by atoms with Crippen LogP contribution in [-0.2, 0) is 4.79 Å². The van der Waals surface area contributed by atoms with Crippen molar-refractivity contribution in [3.63, 3.8) is 0 Å². The van der Waals surface area contributed by atoms with Gasteiger partial charge in [-0.15, -0.1) is 11.6 Å². The van der Waals surface area contributed by atoms with Crippen LogP contribution >= 0.6 is 11.6 Å². The summed E-state index contributed by atoms with van der Waals surface area (Å²) in [5.41, 5.74) is -0.0396. The van der Waals surface area contributed by atoms with Crippen molar-refractivity contribution in [3.8, 4) is 0 Å². The third kappa shape index (κ3) is 2.13. The molecule has 0 aliphatic heterocycles. The number of hydrogen-bond acceptors (Lipinski definition) is 1. The van der Waals surface area contributed by atoms with Gasteiger partial charge in [-0.05, 0) is 19.3 Å². The molecule has 1 amide bonds. The van der Waals surface area contributed by atoms with Crippen molar-refractivity contribution in [2.45, 2.75) is 38.6 Å². The standard InChI is InChI=1S/C9H16ClNO/c1-3-7(2)8(12)11-9(6-10)4-5-9/h7H,3-6H2,1-2H3,(H,11,12). The first-order chi connectivity index (χ1) is 5.63. The second kappa shape index (κ2) is 3.65. The van der Waals surface area contributed by atoms with Gasteiger partial charge in [0.25, 0.3) is 0 Å². The minimum Gasteiger partial charge on any atom is -0.349 e. The molecule has 1 fully saturated rings. The maximum absolute atomic E-state index is 11.4. The van der Waals surface area contributed by atoms with E-state index in [1.807, 2.05) is 13.8 Å². The fourth-order valence-corrected chi connectivity index (χ4v) is 1.35. The SMILES string of the molecule is CCC(C)C(=O)NC1(CCl)CC1. The van der Waals surface area contributed by atoms with Crippen LogP contribution < -0.4 is 5.32 Å². The van der Waals surface area contributed by atoms with Crippen LogP contribution in [0.25, 0.3) is 0 Å². The van der Waals surface area contributed by atoms with E-state index in [1.165, 1.54) is 0 Å². The number of halogens is 1. The molecule has 0 spiro atoms. The fourth-order valence-electron chi connectivity index (χ4n) is 1.01. The molecule has 1 N–H and O–H groups in total. The molecule has 1 aliphatic rings. The van der Waals surface area contributed by atoms with Crippen molar-refractivity contribution in [1.29, 1.82) is 0 Å². The zero-order valence-electron chi connectivity index (χ0n) is 7.69. The summed E-state index contributed by atoms with van der Waals surface area (Å²) in [6, 6.07) is 0. The smallest absolute Gasteiger partial charge is 0.223 e. The maximum atomic E-state index is 11.4. The first-order valence-corrected chi connectivity index (χ1v) is 5.05. The molecule has 12 heavy (non-hydrogen) atoms. The molecule has 0 saturated heterocycles. The Hall–Kier alpha value is -0.240. The van der Waals surface area contributed by atoms with E-state index in [9.17, 15) is 4.79 Å². The highest BCUT2D eigenvalue weighted by molar-refractivity contribution is 6.19. The minimum absolute atomic E-state index is 0.0396. The van der Waals surface area contributed by atoms with E-state index in [-0.39, 0.29) is 17.4 Å². The quantitative estimate of drug-likeness (QED) is 0.673. The van der Waals surface area contributed by atoms with E-state index in [0.29, 0.717) is 5.88 Å². The van der Waals surface area contributed by atoms with E-state index in [0.717, 1.165) is 19.3 Å². The summed E-state index contributed by atoms with van der Waals surface area (Å²) < 4.78 is 0. The number of hydrogen-bond donors (Lipinski definition) is 1. The average molecular weight is 190 g/mol. The second-order valence-electron chi connectivity index (χ2n) is 3.71. The van der Waals surface area contributed by atoms with Gasteiger partial charge >= 0.3 is 0 Å². The van der Waals surface area contributed by atoms with Gasteiger partial charge in [0, 0.05) is 11.8 Å². The number of rotatable bonds is 4. The lowest BCUT2D eigenvalue weighted by Gasteiger charge is -2.16. The van der Waals surface area contributed by atoms with Gasteiger partial charge < -0.3 is 5.32 Å². The molecule has 0 radical (unpaired) electrons. The molecule has 0 aromatic heterocycles. The van der Waals surface area contributed by atoms with E-state index < -0.39 is 0 Å². The number of amides is 1. The lowest BCUT2D eigenvalue weighted by atomic mass is 10.1. The Balaban J connectivity index is 2.36. The summed E-state index contributed by atoms with van der Waals surface area (Å²) >= 11 is 5.73. The summed E-state index contributed by atoms with van der Waals surface area (Å²) in [5, 5.41) is 3.00. The molecule has 1 aliphatic carbocycles. The highest BCUT2D eigenvalue weighted by atomic mass is 35.5. The molecule has 2 nitrogen and oxygen atoms in total. The minimum atomic E-state index is -0.0396. The Labute approximate surface area is 78.7 Å². The van der Waals surface area contributed by atoms with Crippen LogP contribution in [0.4, 0.5) is 0 Å². The van der Waals surface area contributed by atoms with Crippen LogP contribution in [0.5, 0.6) is 0 Å². The van der Waals surface area contributed by atoms with Gasteiger partial charge in [-0.25, -0.2) is 0 Å². The topological polar surface area (TPSA) is 29.1 Å². The summed E-state index contributed by atoms with van der Waals surface area (Å²) in [7, 11) is 0. The predicted octanol–water partition coefficient (Wildman–Crippen LogP) is 1.92. The summed E-state index contributed by atoms with van der Waals surface area (Å²) in [6.07, 6.45) is 2.97.